The second-order valence-electron chi connectivity index (χ2n) is 8.82. The van der Waals surface area contributed by atoms with E-state index < -0.39 is 0 Å². The third kappa shape index (κ3) is 3.07. The molecule has 4 bridgehead atoms. The molecule has 1 N–H and O–H groups in total. The van der Waals surface area contributed by atoms with E-state index in [0.717, 1.165) is 17.8 Å². The molecule has 5 fully saturated rings. The Morgan fingerprint density at radius 2 is 1.64 bits per heavy atom. The van der Waals surface area contributed by atoms with Crippen LogP contribution in [-0.2, 0) is 4.79 Å². The van der Waals surface area contributed by atoms with Crippen molar-refractivity contribution in [1.29, 1.82) is 0 Å². The van der Waals surface area contributed by atoms with E-state index in [0.29, 0.717) is 28.4 Å². The Kier molecular flexibility index (Phi) is 4.21. The van der Waals surface area contributed by atoms with Crippen molar-refractivity contribution in [2.24, 2.45) is 23.7 Å². The lowest BCUT2D eigenvalue weighted by Crippen LogP contribution is -2.49. The summed E-state index contributed by atoms with van der Waals surface area (Å²) in [5, 5.41) is 3.34. The lowest BCUT2D eigenvalue weighted by Gasteiger charge is -2.56. The van der Waals surface area contributed by atoms with Crippen LogP contribution in [0.4, 0.5) is 0 Å². The molecule has 3 heteroatoms. The third-order valence-corrected chi connectivity index (χ3v) is 8.47. The van der Waals surface area contributed by atoms with Crippen molar-refractivity contribution in [2.45, 2.75) is 81.9 Å². The van der Waals surface area contributed by atoms with E-state index in [1.807, 2.05) is 11.8 Å². The summed E-state index contributed by atoms with van der Waals surface area (Å²) in [6.45, 7) is 2.30. The first kappa shape index (κ1) is 15.4. The summed E-state index contributed by atoms with van der Waals surface area (Å²) in [6.07, 6.45) is 13.8. The van der Waals surface area contributed by atoms with Gasteiger partial charge in [-0.25, -0.2) is 0 Å². The Morgan fingerprint density at radius 1 is 1.05 bits per heavy atom. The van der Waals surface area contributed by atoms with Gasteiger partial charge in [0.2, 0.25) is 5.91 Å². The van der Waals surface area contributed by atoms with Crippen LogP contribution in [0.15, 0.2) is 0 Å². The van der Waals surface area contributed by atoms with E-state index in [4.69, 9.17) is 0 Å². The average Bonchev–Trinajstić information content (AvgIpc) is 2.46. The Balaban J connectivity index is 1.30. The highest BCUT2D eigenvalue weighted by Crippen LogP contribution is 2.60. The SMILES string of the molecule is C[C@H]1CCCC[C@@H]1NC(=O)CSC12CC3CC(CC(C3)C1)C2. The molecule has 0 spiro atoms. The minimum atomic E-state index is 0.305. The second kappa shape index (κ2) is 6.03. The fourth-order valence-electron chi connectivity index (χ4n) is 6.21. The highest BCUT2D eigenvalue weighted by molar-refractivity contribution is 8.01. The van der Waals surface area contributed by atoms with Crippen LogP contribution >= 0.6 is 11.8 Å². The lowest BCUT2D eigenvalue weighted by molar-refractivity contribution is -0.119. The van der Waals surface area contributed by atoms with E-state index in [-0.39, 0.29) is 0 Å². The van der Waals surface area contributed by atoms with Crippen LogP contribution in [0.5, 0.6) is 0 Å². The molecule has 0 heterocycles. The summed E-state index contributed by atoms with van der Waals surface area (Å²) in [4.78, 5) is 12.4. The molecule has 0 saturated heterocycles. The van der Waals surface area contributed by atoms with Gasteiger partial charge in [0.05, 0.1) is 5.75 Å². The van der Waals surface area contributed by atoms with Gasteiger partial charge in [-0.1, -0.05) is 19.8 Å². The van der Waals surface area contributed by atoms with Crippen LogP contribution in [0.25, 0.3) is 0 Å². The monoisotopic (exact) mass is 321 g/mol. The molecule has 5 rings (SSSR count). The van der Waals surface area contributed by atoms with E-state index >= 15 is 0 Å². The predicted octanol–water partition coefficient (Wildman–Crippen LogP) is 4.38. The summed E-state index contributed by atoms with van der Waals surface area (Å²) in [5.41, 5.74) is 0. The van der Waals surface area contributed by atoms with E-state index in [2.05, 4.69) is 12.2 Å². The molecule has 5 saturated carbocycles. The second-order valence-corrected chi connectivity index (χ2v) is 10.3. The number of hydrogen-bond donors (Lipinski definition) is 1. The molecule has 124 valence electrons. The normalized spacial score (nSPS) is 46.7. The van der Waals surface area contributed by atoms with Gasteiger partial charge >= 0.3 is 0 Å². The maximum atomic E-state index is 12.4. The number of thioether (sulfide) groups is 1. The zero-order valence-corrected chi connectivity index (χ0v) is 14.8. The predicted molar refractivity (Wildman–Crippen MR) is 92.9 cm³/mol. The smallest absolute Gasteiger partial charge is 0.230 e. The minimum Gasteiger partial charge on any atom is -0.352 e. The zero-order valence-electron chi connectivity index (χ0n) is 14.0. The number of rotatable bonds is 4. The molecule has 0 radical (unpaired) electrons. The summed E-state index contributed by atoms with van der Waals surface area (Å²) >= 11 is 2.02. The molecule has 1 amide bonds. The summed E-state index contributed by atoms with van der Waals surface area (Å²) in [5.74, 6) is 4.64. The van der Waals surface area contributed by atoms with Crippen LogP contribution in [0.1, 0.15) is 71.1 Å². The molecule has 0 unspecified atom stereocenters. The maximum absolute atomic E-state index is 12.4. The highest BCUT2D eigenvalue weighted by atomic mass is 32.2. The van der Waals surface area contributed by atoms with Crippen LogP contribution in [0.3, 0.4) is 0 Å². The molecule has 2 nitrogen and oxygen atoms in total. The van der Waals surface area contributed by atoms with Gasteiger partial charge in [0.15, 0.2) is 0 Å². The number of carbonyl (C=O) groups is 1. The number of nitrogens with one attached hydrogen (secondary N) is 1. The highest BCUT2D eigenvalue weighted by Gasteiger charge is 2.51. The largest absolute Gasteiger partial charge is 0.352 e. The molecule has 5 aliphatic rings. The van der Waals surface area contributed by atoms with Crippen molar-refractivity contribution in [1.82, 2.24) is 5.32 Å². The summed E-state index contributed by atoms with van der Waals surface area (Å²) < 4.78 is 0.476. The van der Waals surface area contributed by atoms with Crippen molar-refractivity contribution in [2.75, 3.05) is 5.75 Å². The number of carbonyl (C=O) groups excluding carboxylic acids is 1. The zero-order chi connectivity index (χ0) is 15.2. The molecule has 2 atom stereocenters. The Morgan fingerprint density at radius 3 is 2.23 bits per heavy atom. The molecule has 0 aromatic carbocycles. The first-order valence-electron chi connectivity index (χ1n) is 9.55. The van der Waals surface area contributed by atoms with Gasteiger partial charge < -0.3 is 5.32 Å². The molecular formula is C19H31NOS. The van der Waals surface area contributed by atoms with Crippen molar-refractivity contribution in [3.8, 4) is 0 Å². The molecule has 22 heavy (non-hydrogen) atoms. The quantitative estimate of drug-likeness (QED) is 0.832. The van der Waals surface area contributed by atoms with Gasteiger partial charge in [-0.05, 0) is 75.0 Å². The van der Waals surface area contributed by atoms with Crippen molar-refractivity contribution in [3.63, 3.8) is 0 Å². The molecule has 0 aromatic rings. The van der Waals surface area contributed by atoms with Crippen LogP contribution < -0.4 is 5.32 Å². The first-order valence-corrected chi connectivity index (χ1v) is 10.5. The Bertz CT molecular complexity index is 400. The van der Waals surface area contributed by atoms with E-state index in [1.165, 1.54) is 64.2 Å². The number of amides is 1. The standard InChI is InChI=1S/C19H31NOS/c1-13-4-2-3-5-17(13)20-18(21)12-22-19-9-14-6-15(10-19)8-16(7-14)11-19/h13-17H,2-12H2,1H3,(H,20,21)/t13-,14?,15?,16?,17-,19?/m0/s1. The summed E-state index contributed by atoms with van der Waals surface area (Å²) in [6, 6.07) is 0.443. The van der Waals surface area contributed by atoms with Crippen LogP contribution in [0, 0.1) is 23.7 Å². The van der Waals surface area contributed by atoms with Crippen LogP contribution in [-0.4, -0.2) is 22.4 Å². The Hall–Kier alpha value is -0.180. The molecular weight excluding hydrogens is 290 g/mol. The third-order valence-electron chi connectivity index (χ3n) is 6.95. The average molecular weight is 322 g/mol. The van der Waals surface area contributed by atoms with Gasteiger partial charge in [-0.2, -0.15) is 0 Å². The molecule has 0 aromatic heterocycles. The van der Waals surface area contributed by atoms with Gasteiger partial charge in [0.1, 0.15) is 0 Å². The van der Waals surface area contributed by atoms with Gasteiger partial charge in [-0.15, -0.1) is 11.8 Å². The number of hydrogen-bond acceptors (Lipinski definition) is 2. The van der Waals surface area contributed by atoms with Crippen molar-refractivity contribution < 1.29 is 4.79 Å². The fraction of sp³-hybridized carbons (Fsp3) is 0.947. The maximum Gasteiger partial charge on any atom is 0.230 e. The van der Waals surface area contributed by atoms with Crippen LogP contribution in [0.2, 0.25) is 0 Å². The molecule has 0 aliphatic heterocycles. The van der Waals surface area contributed by atoms with Gasteiger partial charge in [-0.3, -0.25) is 4.79 Å². The Labute approximate surface area is 139 Å². The minimum absolute atomic E-state index is 0.305. The lowest BCUT2D eigenvalue weighted by atomic mass is 9.56. The topological polar surface area (TPSA) is 29.1 Å². The van der Waals surface area contributed by atoms with Crippen molar-refractivity contribution in [3.05, 3.63) is 0 Å². The van der Waals surface area contributed by atoms with Crippen molar-refractivity contribution >= 4 is 17.7 Å². The van der Waals surface area contributed by atoms with E-state index in [1.54, 1.807) is 0 Å². The summed E-state index contributed by atoms with van der Waals surface area (Å²) in [7, 11) is 0. The van der Waals surface area contributed by atoms with Gasteiger partial charge in [0, 0.05) is 10.8 Å². The van der Waals surface area contributed by atoms with Gasteiger partial charge in [0.25, 0.3) is 0 Å². The fourth-order valence-corrected chi connectivity index (χ4v) is 7.79. The van der Waals surface area contributed by atoms with E-state index in [9.17, 15) is 4.79 Å². The first-order chi connectivity index (χ1) is 10.6. The molecule has 5 aliphatic carbocycles.